The van der Waals surface area contributed by atoms with Crippen molar-refractivity contribution in [2.45, 2.75) is 43.7 Å². The van der Waals surface area contributed by atoms with Gasteiger partial charge in [0.15, 0.2) is 0 Å². The predicted molar refractivity (Wildman–Crippen MR) is 76.9 cm³/mol. The first-order valence-electron chi connectivity index (χ1n) is 7.13. The van der Waals surface area contributed by atoms with E-state index in [2.05, 4.69) is 30.9 Å². The van der Waals surface area contributed by atoms with Crippen LogP contribution in [0, 0.1) is 0 Å². The van der Waals surface area contributed by atoms with Gasteiger partial charge in [-0.3, -0.25) is 4.90 Å². The zero-order valence-electron chi connectivity index (χ0n) is 12.6. The molecule has 0 bridgehead atoms. The third kappa shape index (κ3) is 4.19. The minimum atomic E-state index is 0.158. The third-order valence-corrected chi connectivity index (χ3v) is 4.40. The second kappa shape index (κ2) is 7.43. The smallest absolute Gasteiger partial charge is 0.0589 e. The number of nitrogens with zero attached hydrogens (tertiary/aromatic N) is 2. The highest BCUT2D eigenvalue weighted by atomic mass is 16.5. The van der Waals surface area contributed by atoms with Crippen LogP contribution in [0.1, 0.15) is 32.1 Å². The molecule has 4 nitrogen and oxygen atoms in total. The Morgan fingerprint density at radius 2 is 2.00 bits per heavy atom. The van der Waals surface area contributed by atoms with E-state index in [-0.39, 0.29) is 5.54 Å². The minimum Gasteiger partial charge on any atom is -0.381 e. The van der Waals surface area contributed by atoms with E-state index in [9.17, 15) is 0 Å². The molecule has 18 heavy (non-hydrogen) atoms. The fourth-order valence-electron chi connectivity index (χ4n) is 3.04. The molecule has 0 aromatic carbocycles. The maximum absolute atomic E-state index is 6.08. The SMILES string of the molecule is COC1CCCC(CN)(N(C)CCCN(C)C)C1. The monoisotopic (exact) mass is 257 g/mol. The van der Waals surface area contributed by atoms with Gasteiger partial charge in [0.2, 0.25) is 0 Å². The highest BCUT2D eigenvalue weighted by molar-refractivity contribution is 4.96. The lowest BCUT2D eigenvalue weighted by Gasteiger charge is -2.46. The molecule has 0 aromatic heterocycles. The van der Waals surface area contributed by atoms with Gasteiger partial charge in [-0.05, 0) is 66.3 Å². The summed E-state index contributed by atoms with van der Waals surface area (Å²) < 4.78 is 5.55. The van der Waals surface area contributed by atoms with Crippen molar-refractivity contribution in [1.29, 1.82) is 0 Å². The molecule has 1 rings (SSSR count). The lowest BCUT2D eigenvalue weighted by atomic mass is 9.79. The fraction of sp³-hybridized carbons (Fsp3) is 1.00. The molecule has 0 amide bonds. The van der Waals surface area contributed by atoms with E-state index in [0.717, 1.165) is 26.1 Å². The van der Waals surface area contributed by atoms with E-state index in [1.54, 1.807) is 0 Å². The van der Waals surface area contributed by atoms with Crippen LogP contribution in [0.25, 0.3) is 0 Å². The number of methoxy groups -OCH3 is 1. The Morgan fingerprint density at radius 3 is 2.56 bits per heavy atom. The van der Waals surface area contributed by atoms with Gasteiger partial charge in [-0.25, -0.2) is 0 Å². The lowest BCUT2D eigenvalue weighted by molar-refractivity contribution is -0.0125. The highest BCUT2D eigenvalue weighted by Gasteiger charge is 2.38. The number of rotatable bonds is 7. The molecule has 0 aliphatic heterocycles. The van der Waals surface area contributed by atoms with Crippen molar-refractivity contribution in [1.82, 2.24) is 9.80 Å². The molecule has 2 N–H and O–H groups in total. The first-order chi connectivity index (χ1) is 8.54. The molecule has 108 valence electrons. The number of hydrogen-bond acceptors (Lipinski definition) is 4. The molecular formula is C14H31N3O. The van der Waals surface area contributed by atoms with Gasteiger partial charge in [0.1, 0.15) is 0 Å². The molecule has 4 heteroatoms. The Morgan fingerprint density at radius 1 is 1.28 bits per heavy atom. The van der Waals surface area contributed by atoms with E-state index in [0.29, 0.717) is 6.10 Å². The first kappa shape index (κ1) is 15.9. The molecule has 2 atom stereocenters. The van der Waals surface area contributed by atoms with Crippen molar-refractivity contribution in [2.75, 3.05) is 47.9 Å². The largest absolute Gasteiger partial charge is 0.381 e. The zero-order chi connectivity index (χ0) is 13.6. The van der Waals surface area contributed by atoms with Gasteiger partial charge in [-0.2, -0.15) is 0 Å². The van der Waals surface area contributed by atoms with E-state index >= 15 is 0 Å². The molecular weight excluding hydrogens is 226 g/mol. The third-order valence-electron chi connectivity index (χ3n) is 4.40. The summed E-state index contributed by atoms with van der Waals surface area (Å²) in [6.07, 6.45) is 6.29. The van der Waals surface area contributed by atoms with Crippen LogP contribution in [0.15, 0.2) is 0 Å². The van der Waals surface area contributed by atoms with Gasteiger partial charge in [-0.1, -0.05) is 0 Å². The summed E-state index contributed by atoms with van der Waals surface area (Å²) in [6, 6.07) is 0. The van der Waals surface area contributed by atoms with Gasteiger partial charge in [0.25, 0.3) is 0 Å². The number of likely N-dealkylation sites (N-methyl/N-ethyl adjacent to an activating group) is 1. The molecule has 0 aromatic rings. The van der Waals surface area contributed by atoms with Crippen LogP contribution in [0.5, 0.6) is 0 Å². The average molecular weight is 257 g/mol. The topological polar surface area (TPSA) is 41.7 Å². The quantitative estimate of drug-likeness (QED) is 0.743. The Labute approximate surface area is 112 Å². The van der Waals surface area contributed by atoms with Crippen LogP contribution in [0.2, 0.25) is 0 Å². The van der Waals surface area contributed by atoms with Crippen LogP contribution >= 0.6 is 0 Å². The summed E-state index contributed by atoms with van der Waals surface area (Å²) in [6.45, 7) is 3.00. The van der Waals surface area contributed by atoms with Gasteiger partial charge >= 0.3 is 0 Å². The Bertz CT molecular complexity index is 235. The number of ether oxygens (including phenoxy) is 1. The molecule has 1 aliphatic carbocycles. The number of nitrogens with two attached hydrogens (primary N) is 1. The lowest BCUT2D eigenvalue weighted by Crippen LogP contribution is -2.56. The van der Waals surface area contributed by atoms with Crippen molar-refractivity contribution in [2.24, 2.45) is 5.73 Å². The standard InChI is InChI=1S/C14H31N3O/c1-16(2)9-6-10-17(3)14(12-15)8-5-7-13(11-14)18-4/h13H,5-12,15H2,1-4H3. The molecule has 0 saturated heterocycles. The molecule has 0 radical (unpaired) electrons. The average Bonchev–Trinajstić information content (AvgIpc) is 2.38. The maximum Gasteiger partial charge on any atom is 0.0589 e. The molecule has 2 unspecified atom stereocenters. The van der Waals surface area contributed by atoms with Crippen LogP contribution in [0.3, 0.4) is 0 Å². The summed E-state index contributed by atoms with van der Waals surface area (Å²) in [5.74, 6) is 0. The predicted octanol–water partition coefficient (Wildman–Crippen LogP) is 1.16. The van der Waals surface area contributed by atoms with Crippen molar-refractivity contribution < 1.29 is 4.74 Å². The second-order valence-corrected chi connectivity index (χ2v) is 5.96. The Hall–Kier alpha value is -0.160. The van der Waals surface area contributed by atoms with Crippen LogP contribution < -0.4 is 5.73 Å². The van der Waals surface area contributed by atoms with Crippen LogP contribution in [-0.2, 0) is 4.74 Å². The van der Waals surface area contributed by atoms with Crippen molar-refractivity contribution >= 4 is 0 Å². The van der Waals surface area contributed by atoms with Crippen molar-refractivity contribution in [3.05, 3.63) is 0 Å². The first-order valence-corrected chi connectivity index (χ1v) is 7.13. The van der Waals surface area contributed by atoms with Gasteiger partial charge in [-0.15, -0.1) is 0 Å². The summed E-state index contributed by atoms with van der Waals surface area (Å²) in [7, 11) is 8.30. The minimum absolute atomic E-state index is 0.158. The number of hydrogen-bond donors (Lipinski definition) is 1. The normalized spacial score (nSPS) is 29.2. The summed E-state index contributed by atoms with van der Waals surface area (Å²) in [5.41, 5.74) is 6.24. The summed E-state index contributed by atoms with van der Waals surface area (Å²) in [4.78, 5) is 4.71. The Kier molecular flexibility index (Phi) is 6.57. The van der Waals surface area contributed by atoms with Crippen molar-refractivity contribution in [3.8, 4) is 0 Å². The highest BCUT2D eigenvalue weighted by Crippen LogP contribution is 2.33. The van der Waals surface area contributed by atoms with Gasteiger partial charge < -0.3 is 15.4 Å². The summed E-state index contributed by atoms with van der Waals surface area (Å²) >= 11 is 0. The van der Waals surface area contributed by atoms with E-state index in [4.69, 9.17) is 10.5 Å². The van der Waals surface area contributed by atoms with E-state index in [1.165, 1.54) is 25.7 Å². The molecule has 0 heterocycles. The molecule has 1 saturated carbocycles. The summed E-state index contributed by atoms with van der Waals surface area (Å²) in [5, 5.41) is 0. The van der Waals surface area contributed by atoms with Gasteiger partial charge in [0, 0.05) is 19.2 Å². The zero-order valence-corrected chi connectivity index (χ0v) is 12.6. The van der Waals surface area contributed by atoms with E-state index in [1.807, 2.05) is 7.11 Å². The van der Waals surface area contributed by atoms with Gasteiger partial charge in [0.05, 0.1) is 6.10 Å². The maximum atomic E-state index is 6.08. The van der Waals surface area contributed by atoms with E-state index < -0.39 is 0 Å². The van der Waals surface area contributed by atoms with Crippen LogP contribution in [0.4, 0.5) is 0 Å². The molecule has 0 spiro atoms. The molecule has 1 fully saturated rings. The van der Waals surface area contributed by atoms with Crippen molar-refractivity contribution in [3.63, 3.8) is 0 Å². The fourth-order valence-corrected chi connectivity index (χ4v) is 3.04. The molecule has 1 aliphatic rings. The second-order valence-electron chi connectivity index (χ2n) is 5.96. The Balaban J connectivity index is 2.51. The van der Waals surface area contributed by atoms with Crippen LogP contribution in [-0.4, -0.2) is 69.3 Å².